The molecule has 0 saturated carbocycles. The van der Waals surface area contributed by atoms with Crippen LogP contribution >= 0.6 is 12.2 Å². The van der Waals surface area contributed by atoms with Crippen LogP contribution in [-0.2, 0) is 17.8 Å². The van der Waals surface area contributed by atoms with Crippen LogP contribution in [0.15, 0.2) is 48.5 Å². The van der Waals surface area contributed by atoms with Gasteiger partial charge in [0.2, 0.25) is 5.91 Å². The molecule has 2 N–H and O–H groups in total. The maximum absolute atomic E-state index is 12.7. The van der Waals surface area contributed by atoms with Crippen LogP contribution in [0.3, 0.4) is 0 Å². The summed E-state index contributed by atoms with van der Waals surface area (Å²) in [6.45, 7) is 2.99. The monoisotopic (exact) mass is 418 g/mol. The molecule has 1 amide bonds. The van der Waals surface area contributed by atoms with Gasteiger partial charge in [0.1, 0.15) is 12.4 Å². The molecular formula is C24H26N4OS. The van der Waals surface area contributed by atoms with Gasteiger partial charge < -0.3 is 5.32 Å². The van der Waals surface area contributed by atoms with Gasteiger partial charge in [0, 0.05) is 24.8 Å². The van der Waals surface area contributed by atoms with E-state index < -0.39 is 0 Å². The minimum absolute atomic E-state index is 0.00660. The van der Waals surface area contributed by atoms with E-state index in [0.29, 0.717) is 29.1 Å². The summed E-state index contributed by atoms with van der Waals surface area (Å²) in [5, 5.41) is 10.3. The molecule has 0 unspecified atom stereocenters. The van der Waals surface area contributed by atoms with Crippen molar-refractivity contribution in [2.75, 3.05) is 6.54 Å². The van der Waals surface area contributed by atoms with E-state index in [-0.39, 0.29) is 12.5 Å². The fourth-order valence-electron chi connectivity index (χ4n) is 5.33. The number of nitrogens with zero attached hydrogens (tertiary/aromatic N) is 2. The predicted molar refractivity (Wildman–Crippen MR) is 119 cm³/mol. The molecule has 1 heterocycles. The molecule has 30 heavy (non-hydrogen) atoms. The van der Waals surface area contributed by atoms with Crippen molar-refractivity contribution in [1.29, 1.82) is 0 Å². The summed E-state index contributed by atoms with van der Waals surface area (Å²) in [4.78, 5) is 12.7. The molecule has 154 valence electrons. The fraction of sp³-hybridized carbons (Fsp3) is 0.375. The molecule has 0 fully saturated rings. The molecule has 3 aliphatic carbocycles. The van der Waals surface area contributed by atoms with Gasteiger partial charge in [-0.25, -0.2) is 0 Å². The zero-order valence-corrected chi connectivity index (χ0v) is 17.9. The van der Waals surface area contributed by atoms with E-state index in [1.165, 1.54) is 22.3 Å². The van der Waals surface area contributed by atoms with Crippen LogP contribution in [0.5, 0.6) is 0 Å². The Morgan fingerprint density at radius 3 is 2.40 bits per heavy atom. The second kappa shape index (κ2) is 7.84. The van der Waals surface area contributed by atoms with Gasteiger partial charge in [-0.15, -0.1) is 0 Å². The van der Waals surface area contributed by atoms with Gasteiger partial charge in [-0.2, -0.15) is 5.10 Å². The Morgan fingerprint density at radius 1 is 1.13 bits per heavy atom. The van der Waals surface area contributed by atoms with Gasteiger partial charge in [-0.05, 0) is 53.2 Å². The number of carbonyl (C=O) groups excluding carboxylic acids is 1. The first-order valence-corrected chi connectivity index (χ1v) is 11.2. The van der Waals surface area contributed by atoms with Gasteiger partial charge in [-0.3, -0.25) is 14.5 Å². The second-order valence-corrected chi connectivity index (χ2v) is 8.76. The van der Waals surface area contributed by atoms with Crippen LogP contribution in [0.25, 0.3) is 0 Å². The number of benzene rings is 2. The number of hydrogen-bond donors (Lipinski definition) is 2. The van der Waals surface area contributed by atoms with E-state index >= 15 is 0 Å². The molecule has 3 aliphatic rings. The number of aromatic amines is 1. The Labute approximate surface area is 181 Å². The summed E-state index contributed by atoms with van der Waals surface area (Å²) in [6, 6.07) is 17.6. The Morgan fingerprint density at radius 2 is 1.77 bits per heavy atom. The molecule has 0 saturated heterocycles. The SMILES string of the molecule is CCCc1n[nH]c(=S)n1CC(=O)NC[C@H]1CC2c3ccccc3C1c1ccccc12. The summed E-state index contributed by atoms with van der Waals surface area (Å²) >= 11 is 5.31. The number of rotatable bonds is 6. The third-order valence-electron chi connectivity index (χ3n) is 6.60. The largest absolute Gasteiger partial charge is 0.354 e. The smallest absolute Gasteiger partial charge is 0.240 e. The first-order valence-electron chi connectivity index (χ1n) is 10.8. The molecule has 3 aromatic rings. The third kappa shape index (κ3) is 3.19. The maximum atomic E-state index is 12.7. The Bertz CT molecular complexity index is 1100. The topological polar surface area (TPSA) is 62.7 Å². The lowest BCUT2D eigenvalue weighted by Crippen LogP contribution is -2.40. The number of nitrogens with one attached hydrogen (secondary N) is 2. The third-order valence-corrected chi connectivity index (χ3v) is 6.91. The van der Waals surface area contributed by atoms with Crippen molar-refractivity contribution in [2.24, 2.45) is 5.92 Å². The molecule has 2 aromatic carbocycles. The van der Waals surface area contributed by atoms with Gasteiger partial charge >= 0.3 is 0 Å². The van der Waals surface area contributed by atoms with Crippen molar-refractivity contribution >= 4 is 18.1 Å². The fourth-order valence-corrected chi connectivity index (χ4v) is 5.55. The quantitative estimate of drug-likeness (QED) is 0.587. The van der Waals surface area contributed by atoms with E-state index in [4.69, 9.17) is 12.2 Å². The molecule has 5 nitrogen and oxygen atoms in total. The van der Waals surface area contributed by atoms with Gasteiger partial charge in [0.05, 0.1) is 0 Å². The van der Waals surface area contributed by atoms with E-state index in [1.807, 2.05) is 4.57 Å². The molecule has 6 heteroatoms. The van der Waals surface area contributed by atoms with Crippen LogP contribution in [0.1, 0.15) is 59.7 Å². The van der Waals surface area contributed by atoms with Crippen LogP contribution in [0.2, 0.25) is 0 Å². The summed E-state index contributed by atoms with van der Waals surface area (Å²) in [5.41, 5.74) is 5.76. The molecule has 1 atom stereocenters. The molecule has 0 spiro atoms. The average molecular weight is 419 g/mol. The number of amides is 1. The highest BCUT2D eigenvalue weighted by atomic mass is 32.1. The number of aryl methyl sites for hydroxylation is 1. The Kier molecular flexibility index (Phi) is 5.03. The van der Waals surface area contributed by atoms with E-state index in [1.54, 1.807) is 0 Å². The number of carbonyl (C=O) groups is 1. The molecule has 1 aromatic heterocycles. The standard InChI is InChI=1S/C24H26N4OS/c1-2-7-21-26-27-24(30)28(21)14-22(29)25-13-15-12-20-16-8-3-5-10-18(16)23(15)19-11-6-4-9-17(19)20/h3-6,8-11,15,20,23H,2,7,12-14H2,1H3,(H,25,29)(H,27,30)/t15-,20?,23?/m1/s1. The van der Waals surface area contributed by atoms with Gasteiger partial charge in [-0.1, -0.05) is 55.5 Å². The summed E-state index contributed by atoms with van der Waals surface area (Å²) in [6.07, 6.45) is 2.84. The molecular weight excluding hydrogens is 392 g/mol. The average Bonchev–Trinajstić information content (AvgIpc) is 3.12. The molecule has 6 rings (SSSR count). The van der Waals surface area contributed by atoms with Crippen LogP contribution < -0.4 is 5.32 Å². The van der Waals surface area contributed by atoms with Crippen molar-refractivity contribution in [2.45, 2.75) is 44.6 Å². The van der Waals surface area contributed by atoms with Crippen LogP contribution in [-0.4, -0.2) is 27.2 Å². The summed E-state index contributed by atoms with van der Waals surface area (Å²) in [5.74, 6) is 2.00. The number of hydrogen-bond acceptors (Lipinski definition) is 3. The van der Waals surface area contributed by atoms with E-state index in [9.17, 15) is 4.79 Å². The van der Waals surface area contributed by atoms with Crippen molar-refractivity contribution in [3.05, 3.63) is 81.4 Å². The van der Waals surface area contributed by atoms with Crippen molar-refractivity contribution in [3.63, 3.8) is 0 Å². The highest BCUT2D eigenvalue weighted by Crippen LogP contribution is 2.55. The van der Waals surface area contributed by atoms with E-state index in [0.717, 1.165) is 25.1 Å². The number of aromatic nitrogens is 3. The minimum atomic E-state index is -0.00660. The van der Waals surface area contributed by atoms with Gasteiger partial charge in [0.25, 0.3) is 0 Å². The van der Waals surface area contributed by atoms with Crippen LogP contribution in [0.4, 0.5) is 0 Å². The minimum Gasteiger partial charge on any atom is -0.354 e. The summed E-state index contributed by atoms with van der Waals surface area (Å²) in [7, 11) is 0. The van der Waals surface area contributed by atoms with Crippen molar-refractivity contribution in [1.82, 2.24) is 20.1 Å². The van der Waals surface area contributed by atoms with Crippen LogP contribution in [0, 0.1) is 10.7 Å². The summed E-state index contributed by atoms with van der Waals surface area (Å²) < 4.78 is 2.32. The lowest BCUT2D eigenvalue weighted by Gasteiger charge is -2.45. The number of fused-ring (bicyclic) bond motifs is 1. The first kappa shape index (κ1) is 19.2. The number of H-pyrrole nitrogens is 1. The first-order chi connectivity index (χ1) is 14.7. The maximum Gasteiger partial charge on any atom is 0.240 e. The highest BCUT2D eigenvalue weighted by Gasteiger charge is 2.42. The lowest BCUT2D eigenvalue weighted by molar-refractivity contribution is -0.122. The highest BCUT2D eigenvalue weighted by molar-refractivity contribution is 7.71. The van der Waals surface area contributed by atoms with E-state index in [2.05, 4.69) is 71.0 Å². The zero-order chi connectivity index (χ0) is 20.7. The zero-order valence-electron chi connectivity index (χ0n) is 17.1. The Balaban J connectivity index is 1.34. The predicted octanol–water partition coefficient (Wildman–Crippen LogP) is 4.31. The normalized spacial score (nSPS) is 21.2. The molecule has 0 aliphatic heterocycles. The lowest BCUT2D eigenvalue weighted by atomic mass is 9.59. The van der Waals surface area contributed by atoms with Gasteiger partial charge in [0.15, 0.2) is 4.77 Å². The van der Waals surface area contributed by atoms with Crippen molar-refractivity contribution in [3.8, 4) is 0 Å². The van der Waals surface area contributed by atoms with Crippen molar-refractivity contribution < 1.29 is 4.79 Å². The Hall–Kier alpha value is -2.73. The molecule has 2 bridgehead atoms. The molecule has 0 radical (unpaired) electrons. The second-order valence-electron chi connectivity index (χ2n) is 8.37.